The van der Waals surface area contributed by atoms with Gasteiger partial charge in [0.05, 0.1) is 22.2 Å². The molecule has 2 heterocycles. The van der Waals surface area contributed by atoms with Crippen molar-refractivity contribution in [1.29, 1.82) is 0 Å². The highest BCUT2D eigenvalue weighted by molar-refractivity contribution is 6.15. The first kappa shape index (κ1) is 33.3. The SMILES string of the molecule is c1ccc(-c2ccc3nc(-n4c5ccc(-c6cccc7ccccc67)cc5c5cc6ccccc6cc54)nc(-c4ccc(-c5ccc6ccccc6c5)cc4)c3c2)cc1. The lowest BCUT2D eigenvalue weighted by Gasteiger charge is -2.14. The maximum atomic E-state index is 5.55. The number of benzene rings is 10. The number of hydrogen-bond acceptors (Lipinski definition) is 2. The molecule has 0 radical (unpaired) electrons. The molecule has 0 aliphatic rings. The van der Waals surface area contributed by atoms with Crippen LogP contribution in [0.5, 0.6) is 0 Å². The molecule has 12 rings (SSSR count). The van der Waals surface area contributed by atoms with Crippen molar-refractivity contribution in [2.45, 2.75) is 0 Å². The largest absolute Gasteiger partial charge is 0.278 e. The Balaban J connectivity index is 1.09. The van der Waals surface area contributed by atoms with Gasteiger partial charge >= 0.3 is 0 Å². The van der Waals surface area contributed by atoms with E-state index in [2.05, 4.69) is 217 Å². The molecule has 0 unspecified atom stereocenters. The van der Waals surface area contributed by atoms with Gasteiger partial charge in [-0.1, -0.05) is 170 Å². The van der Waals surface area contributed by atoms with E-state index in [0.717, 1.165) is 44.3 Å². The van der Waals surface area contributed by atoms with Crippen LogP contribution in [0.15, 0.2) is 212 Å². The molecule has 0 amide bonds. The Labute approximate surface area is 341 Å². The van der Waals surface area contributed by atoms with Crippen molar-refractivity contribution in [2.24, 2.45) is 0 Å². The van der Waals surface area contributed by atoms with Gasteiger partial charge in [-0.25, -0.2) is 9.97 Å². The maximum absolute atomic E-state index is 5.55. The molecule has 3 nitrogen and oxygen atoms in total. The molecule has 0 aliphatic carbocycles. The van der Waals surface area contributed by atoms with Crippen LogP contribution in [0.2, 0.25) is 0 Å². The quantitative estimate of drug-likeness (QED) is 0.175. The predicted molar refractivity (Wildman–Crippen MR) is 248 cm³/mol. The fourth-order valence-corrected chi connectivity index (χ4v) is 9.00. The molecule has 2 aromatic heterocycles. The zero-order valence-corrected chi connectivity index (χ0v) is 32.0. The summed E-state index contributed by atoms with van der Waals surface area (Å²) in [5.41, 5.74) is 12.0. The number of fused-ring (bicyclic) bond motifs is 7. The molecule has 0 N–H and O–H groups in total. The van der Waals surface area contributed by atoms with Crippen molar-refractivity contribution >= 4 is 65.0 Å². The number of nitrogens with zero attached hydrogens (tertiary/aromatic N) is 3. The fourth-order valence-electron chi connectivity index (χ4n) is 9.00. The third-order valence-corrected chi connectivity index (χ3v) is 12.0. The molecule has 0 bridgehead atoms. The first-order valence-electron chi connectivity index (χ1n) is 20.1. The second-order valence-electron chi connectivity index (χ2n) is 15.4. The lowest BCUT2D eigenvalue weighted by Crippen LogP contribution is -2.03. The van der Waals surface area contributed by atoms with Crippen LogP contribution in [-0.4, -0.2) is 14.5 Å². The van der Waals surface area contributed by atoms with Crippen molar-refractivity contribution in [3.63, 3.8) is 0 Å². The summed E-state index contributed by atoms with van der Waals surface area (Å²) in [5.74, 6) is 0.645. The molecule has 59 heavy (non-hydrogen) atoms. The van der Waals surface area contributed by atoms with E-state index in [-0.39, 0.29) is 0 Å². The topological polar surface area (TPSA) is 30.7 Å². The molecule has 0 atom stereocenters. The van der Waals surface area contributed by atoms with Crippen LogP contribution < -0.4 is 0 Å². The summed E-state index contributed by atoms with van der Waals surface area (Å²) in [6.07, 6.45) is 0. The fraction of sp³-hybridized carbons (Fsp3) is 0. The Morgan fingerprint density at radius 3 is 1.69 bits per heavy atom. The minimum absolute atomic E-state index is 0.645. The Morgan fingerprint density at radius 1 is 0.288 bits per heavy atom. The Kier molecular flexibility index (Phi) is 7.54. The molecule has 12 aromatic rings. The zero-order chi connectivity index (χ0) is 38.9. The molecular weight excluding hydrogens is 715 g/mol. The van der Waals surface area contributed by atoms with Crippen molar-refractivity contribution < 1.29 is 0 Å². The third-order valence-electron chi connectivity index (χ3n) is 12.0. The van der Waals surface area contributed by atoms with Crippen LogP contribution in [0.1, 0.15) is 0 Å². The second-order valence-corrected chi connectivity index (χ2v) is 15.4. The Morgan fingerprint density at radius 2 is 0.864 bits per heavy atom. The summed E-state index contributed by atoms with van der Waals surface area (Å²) in [7, 11) is 0. The highest BCUT2D eigenvalue weighted by atomic mass is 15.2. The van der Waals surface area contributed by atoms with E-state index in [4.69, 9.17) is 9.97 Å². The van der Waals surface area contributed by atoms with E-state index in [1.165, 1.54) is 65.3 Å². The van der Waals surface area contributed by atoms with Gasteiger partial charge in [-0.2, -0.15) is 0 Å². The summed E-state index contributed by atoms with van der Waals surface area (Å²) in [6, 6.07) is 76.5. The molecule has 0 spiro atoms. The van der Waals surface area contributed by atoms with E-state index >= 15 is 0 Å². The van der Waals surface area contributed by atoms with E-state index in [1.807, 2.05) is 0 Å². The van der Waals surface area contributed by atoms with Gasteiger partial charge in [0.1, 0.15) is 0 Å². The highest BCUT2D eigenvalue weighted by Gasteiger charge is 2.20. The zero-order valence-electron chi connectivity index (χ0n) is 32.0. The summed E-state index contributed by atoms with van der Waals surface area (Å²) >= 11 is 0. The Bertz CT molecular complexity index is 3600. The van der Waals surface area contributed by atoms with Crippen LogP contribution in [0.3, 0.4) is 0 Å². The first-order chi connectivity index (χ1) is 29.2. The minimum atomic E-state index is 0.645. The van der Waals surface area contributed by atoms with Gasteiger partial charge in [-0.3, -0.25) is 4.57 Å². The molecule has 274 valence electrons. The highest BCUT2D eigenvalue weighted by Crippen LogP contribution is 2.40. The van der Waals surface area contributed by atoms with Crippen LogP contribution >= 0.6 is 0 Å². The predicted octanol–water partition coefficient (Wildman–Crippen LogP) is 14.9. The van der Waals surface area contributed by atoms with Crippen LogP contribution in [0.4, 0.5) is 0 Å². The monoisotopic (exact) mass is 749 g/mol. The maximum Gasteiger partial charge on any atom is 0.235 e. The Hall–Kier alpha value is -7.88. The van der Waals surface area contributed by atoms with Gasteiger partial charge in [-0.15, -0.1) is 0 Å². The summed E-state index contributed by atoms with van der Waals surface area (Å²) in [6.45, 7) is 0. The van der Waals surface area contributed by atoms with Crippen molar-refractivity contribution in [3.8, 4) is 50.6 Å². The average Bonchev–Trinajstić information content (AvgIpc) is 3.62. The molecule has 0 saturated heterocycles. The van der Waals surface area contributed by atoms with Crippen LogP contribution in [0.25, 0.3) is 116 Å². The van der Waals surface area contributed by atoms with Crippen molar-refractivity contribution in [2.75, 3.05) is 0 Å². The number of rotatable bonds is 5. The number of aromatic nitrogens is 3. The molecule has 0 saturated carbocycles. The van der Waals surface area contributed by atoms with Gasteiger partial charge < -0.3 is 0 Å². The lowest BCUT2D eigenvalue weighted by molar-refractivity contribution is 1.01. The number of hydrogen-bond donors (Lipinski definition) is 0. The van der Waals surface area contributed by atoms with Crippen molar-refractivity contribution in [1.82, 2.24) is 14.5 Å². The molecule has 10 aromatic carbocycles. The van der Waals surface area contributed by atoms with Crippen LogP contribution in [0, 0.1) is 0 Å². The van der Waals surface area contributed by atoms with Gasteiger partial charge in [0.2, 0.25) is 5.95 Å². The van der Waals surface area contributed by atoms with E-state index in [1.54, 1.807) is 0 Å². The van der Waals surface area contributed by atoms with Gasteiger partial charge in [0, 0.05) is 21.7 Å². The minimum Gasteiger partial charge on any atom is -0.278 e. The third kappa shape index (κ3) is 5.59. The average molecular weight is 750 g/mol. The van der Waals surface area contributed by atoms with Crippen molar-refractivity contribution in [3.05, 3.63) is 212 Å². The standard InChI is InChI=1S/C56H35N3/c1-2-11-36(12-3-1)45-27-29-52-51(33-45)55(40-24-21-38(22-25-40)44-26-23-37-13-4-5-15-41(37)31-44)58-56(57-52)59-53-30-28-46(48-20-10-18-39-14-8-9-19-47(39)48)34-49(53)50-32-42-16-6-7-17-43(42)35-54(50)59/h1-35H. The smallest absolute Gasteiger partial charge is 0.235 e. The summed E-state index contributed by atoms with van der Waals surface area (Å²) in [4.78, 5) is 10.9. The van der Waals surface area contributed by atoms with E-state index in [0.29, 0.717) is 5.95 Å². The molecule has 3 heteroatoms. The molecular formula is C56H35N3. The normalized spacial score (nSPS) is 11.7. The van der Waals surface area contributed by atoms with Gasteiger partial charge in [0.25, 0.3) is 0 Å². The van der Waals surface area contributed by atoms with Gasteiger partial charge in [-0.05, 0) is 108 Å². The molecule has 0 aliphatic heterocycles. The molecule has 0 fully saturated rings. The lowest BCUT2D eigenvalue weighted by atomic mass is 9.97. The summed E-state index contributed by atoms with van der Waals surface area (Å²) in [5, 5.41) is 10.7. The summed E-state index contributed by atoms with van der Waals surface area (Å²) < 4.78 is 2.27. The second kappa shape index (κ2) is 13.4. The van der Waals surface area contributed by atoms with E-state index in [9.17, 15) is 0 Å². The van der Waals surface area contributed by atoms with Gasteiger partial charge in [0.15, 0.2) is 0 Å². The van der Waals surface area contributed by atoms with E-state index < -0.39 is 0 Å². The first-order valence-corrected chi connectivity index (χ1v) is 20.1. The van der Waals surface area contributed by atoms with Crippen LogP contribution in [-0.2, 0) is 0 Å².